The van der Waals surface area contributed by atoms with Crippen LogP contribution in [0.15, 0.2) is 47.4 Å². The molecule has 0 atom stereocenters. The molecule has 2 aliphatic rings. The van der Waals surface area contributed by atoms with E-state index in [9.17, 15) is 13.2 Å². The number of carbonyl (C=O) groups excluding carboxylic acids is 1. The Morgan fingerprint density at radius 2 is 1.87 bits per heavy atom. The Balaban J connectivity index is 1.32. The van der Waals surface area contributed by atoms with Crippen LogP contribution in [0, 0.1) is 0 Å². The van der Waals surface area contributed by atoms with Gasteiger partial charge in [-0.3, -0.25) is 4.79 Å². The molecule has 3 aromatic rings. The van der Waals surface area contributed by atoms with Crippen LogP contribution in [0.2, 0.25) is 0 Å². The number of para-hydroxylation sites is 1. The van der Waals surface area contributed by atoms with Gasteiger partial charge < -0.3 is 4.90 Å². The number of fused-ring (bicyclic) bond motifs is 2. The van der Waals surface area contributed by atoms with Gasteiger partial charge in [-0.15, -0.1) is 11.3 Å². The minimum Gasteiger partial charge on any atom is -0.312 e. The van der Waals surface area contributed by atoms with Crippen LogP contribution in [-0.2, 0) is 21.2 Å². The van der Waals surface area contributed by atoms with Gasteiger partial charge in [-0.1, -0.05) is 12.1 Å². The van der Waals surface area contributed by atoms with Crippen LogP contribution < -0.4 is 4.90 Å². The molecular weight excluding hydrogens is 418 g/mol. The van der Waals surface area contributed by atoms with Crippen LogP contribution in [0.5, 0.6) is 0 Å². The van der Waals surface area contributed by atoms with Gasteiger partial charge in [0.25, 0.3) is 0 Å². The van der Waals surface area contributed by atoms with Crippen molar-refractivity contribution in [1.29, 1.82) is 0 Å². The Bertz CT molecular complexity index is 1190. The summed E-state index contributed by atoms with van der Waals surface area (Å²) in [5.41, 5.74) is 2.77. The Morgan fingerprint density at radius 1 is 1.10 bits per heavy atom. The summed E-state index contributed by atoms with van der Waals surface area (Å²) < 4.78 is 29.2. The highest BCUT2D eigenvalue weighted by atomic mass is 32.2. The van der Waals surface area contributed by atoms with Crippen molar-refractivity contribution in [2.75, 3.05) is 24.5 Å². The van der Waals surface area contributed by atoms with Gasteiger partial charge in [0.1, 0.15) is 0 Å². The molecule has 8 heteroatoms. The summed E-state index contributed by atoms with van der Waals surface area (Å²) in [6.45, 7) is 3.15. The highest BCUT2D eigenvalue weighted by molar-refractivity contribution is 7.89. The lowest BCUT2D eigenvalue weighted by atomic mass is 9.99. The number of anilines is 1. The minimum atomic E-state index is -3.54. The van der Waals surface area contributed by atoms with E-state index in [1.54, 1.807) is 38.7 Å². The zero-order valence-corrected chi connectivity index (χ0v) is 18.4. The third kappa shape index (κ3) is 3.33. The highest BCUT2D eigenvalue weighted by Crippen LogP contribution is 2.36. The summed E-state index contributed by atoms with van der Waals surface area (Å²) in [7, 11) is -3.54. The minimum absolute atomic E-state index is 0.0127. The first-order chi connectivity index (χ1) is 14.4. The van der Waals surface area contributed by atoms with Crippen molar-refractivity contribution in [3.63, 3.8) is 0 Å². The van der Waals surface area contributed by atoms with Gasteiger partial charge in [-0.2, -0.15) is 4.31 Å². The standard InChI is InChI=1S/C22H23N3O3S2/c1-15(26)25-13-10-17-14-18(6-7-20(17)25)30(27,28)24-11-8-16(9-12-24)22-23-19-4-2-3-5-21(19)29-22/h2-7,14,16H,8-13H2,1H3. The number of nitrogens with zero attached hydrogens (tertiary/aromatic N) is 3. The van der Waals surface area contributed by atoms with Crippen molar-refractivity contribution in [1.82, 2.24) is 9.29 Å². The fraction of sp³-hybridized carbons (Fsp3) is 0.364. The molecule has 30 heavy (non-hydrogen) atoms. The molecule has 1 fully saturated rings. The lowest BCUT2D eigenvalue weighted by molar-refractivity contribution is -0.116. The highest BCUT2D eigenvalue weighted by Gasteiger charge is 2.32. The molecule has 1 amide bonds. The van der Waals surface area contributed by atoms with Crippen molar-refractivity contribution >= 4 is 43.2 Å². The van der Waals surface area contributed by atoms with E-state index in [1.807, 2.05) is 18.2 Å². The Hall–Kier alpha value is -2.29. The van der Waals surface area contributed by atoms with Crippen LogP contribution in [0.3, 0.4) is 0 Å². The maximum absolute atomic E-state index is 13.2. The quantitative estimate of drug-likeness (QED) is 0.620. The van der Waals surface area contributed by atoms with Crippen molar-refractivity contribution in [2.45, 2.75) is 37.0 Å². The first-order valence-electron chi connectivity index (χ1n) is 10.2. The second kappa shape index (κ2) is 7.44. The topological polar surface area (TPSA) is 70.6 Å². The summed E-state index contributed by atoms with van der Waals surface area (Å²) in [6.07, 6.45) is 2.25. The number of thiazole rings is 1. The molecular formula is C22H23N3O3S2. The van der Waals surface area contributed by atoms with E-state index >= 15 is 0 Å². The molecule has 6 nitrogen and oxygen atoms in total. The average molecular weight is 442 g/mol. The number of rotatable bonds is 3. The zero-order valence-electron chi connectivity index (χ0n) is 16.7. The number of hydrogen-bond donors (Lipinski definition) is 0. The molecule has 3 heterocycles. The van der Waals surface area contributed by atoms with Gasteiger partial charge in [0.15, 0.2) is 0 Å². The van der Waals surface area contributed by atoms with Gasteiger partial charge in [0, 0.05) is 38.2 Å². The Kier molecular flexibility index (Phi) is 4.88. The molecule has 0 radical (unpaired) electrons. The smallest absolute Gasteiger partial charge is 0.243 e. The molecule has 5 rings (SSSR count). The molecule has 0 spiro atoms. The molecule has 0 unspecified atom stereocenters. The van der Waals surface area contributed by atoms with E-state index in [4.69, 9.17) is 4.98 Å². The first-order valence-corrected chi connectivity index (χ1v) is 12.5. The summed E-state index contributed by atoms with van der Waals surface area (Å²) in [5, 5.41) is 1.11. The summed E-state index contributed by atoms with van der Waals surface area (Å²) in [4.78, 5) is 18.5. The third-order valence-corrected chi connectivity index (χ3v) is 9.17. The lowest BCUT2D eigenvalue weighted by Crippen LogP contribution is -2.37. The maximum Gasteiger partial charge on any atom is 0.243 e. The molecule has 2 aliphatic heterocycles. The number of sulfonamides is 1. The predicted molar refractivity (Wildman–Crippen MR) is 119 cm³/mol. The van der Waals surface area contributed by atoms with Crippen LogP contribution in [0.4, 0.5) is 5.69 Å². The predicted octanol–water partition coefficient (Wildman–Crippen LogP) is 3.77. The summed E-state index contributed by atoms with van der Waals surface area (Å²) >= 11 is 1.71. The van der Waals surface area contributed by atoms with Crippen LogP contribution >= 0.6 is 11.3 Å². The number of carbonyl (C=O) groups is 1. The largest absolute Gasteiger partial charge is 0.312 e. The monoisotopic (exact) mass is 441 g/mol. The molecule has 0 saturated carbocycles. The van der Waals surface area contributed by atoms with E-state index < -0.39 is 10.0 Å². The lowest BCUT2D eigenvalue weighted by Gasteiger charge is -2.30. The fourth-order valence-corrected chi connectivity index (χ4v) is 7.08. The number of hydrogen-bond acceptors (Lipinski definition) is 5. The van der Waals surface area contributed by atoms with Gasteiger partial charge in [0.05, 0.1) is 20.1 Å². The van der Waals surface area contributed by atoms with Crippen molar-refractivity contribution < 1.29 is 13.2 Å². The maximum atomic E-state index is 13.2. The van der Waals surface area contributed by atoms with E-state index in [1.165, 1.54) is 11.6 Å². The molecule has 0 aliphatic carbocycles. The summed E-state index contributed by atoms with van der Waals surface area (Å²) in [6, 6.07) is 13.3. The van der Waals surface area contributed by atoms with E-state index in [2.05, 4.69) is 6.07 Å². The number of benzene rings is 2. The normalized spacial score (nSPS) is 18.1. The van der Waals surface area contributed by atoms with Crippen LogP contribution in [0.25, 0.3) is 10.2 Å². The van der Waals surface area contributed by atoms with Gasteiger partial charge in [-0.05, 0) is 55.2 Å². The van der Waals surface area contributed by atoms with Gasteiger partial charge in [-0.25, -0.2) is 13.4 Å². The van der Waals surface area contributed by atoms with E-state index in [-0.39, 0.29) is 5.91 Å². The Morgan fingerprint density at radius 3 is 2.60 bits per heavy atom. The second-order valence-electron chi connectivity index (χ2n) is 7.91. The number of piperidine rings is 1. The third-order valence-electron chi connectivity index (χ3n) is 6.08. The SMILES string of the molecule is CC(=O)N1CCc2cc(S(=O)(=O)N3CCC(c4nc5ccccc5s4)CC3)ccc21. The van der Waals surface area contributed by atoms with E-state index in [0.717, 1.165) is 34.6 Å². The van der Waals surface area contributed by atoms with E-state index in [0.29, 0.717) is 36.9 Å². The number of amides is 1. The number of aromatic nitrogens is 1. The molecule has 2 aromatic carbocycles. The molecule has 0 N–H and O–H groups in total. The van der Waals surface area contributed by atoms with Crippen molar-refractivity contribution in [2.24, 2.45) is 0 Å². The molecule has 1 saturated heterocycles. The van der Waals surface area contributed by atoms with Gasteiger partial charge >= 0.3 is 0 Å². The fourth-order valence-electron chi connectivity index (χ4n) is 4.42. The average Bonchev–Trinajstić information content (AvgIpc) is 3.37. The first kappa shape index (κ1) is 19.7. The zero-order chi connectivity index (χ0) is 20.9. The Labute approximate surface area is 180 Å². The van der Waals surface area contributed by atoms with Crippen molar-refractivity contribution in [3.8, 4) is 0 Å². The van der Waals surface area contributed by atoms with Gasteiger partial charge in [0.2, 0.25) is 15.9 Å². The van der Waals surface area contributed by atoms with Crippen molar-refractivity contribution in [3.05, 3.63) is 53.0 Å². The second-order valence-corrected chi connectivity index (χ2v) is 10.9. The summed E-state index contributed by atoms with van der Waals surface area (Å²) in [5.74, 6) is 0.291. The van der Waals surface area contributed by atoms with Crippen LogP contribution in [0.1, 0.15) is 36.3 Å². The molecule has 1 aromatic heterocycles. The molecule has 156 valence electrons. The molecule has 0 bridgehead atoms. The van der Waals surface area contributed by atoms with Crippen LogP contribution in [-0.4, -0.2) is 43.2 Å².